The van der Waals surface area contributed by atoms with E-state index in [4.69, 9.17) is 12.2 Å². The first-order valence-electron chi connectivity index (χ1n) is 10.5. The Morgan fingerprint density at radius 1 is 0.812 bits per heavy atom. The quantitative estimate of drug-likeness (QED) is 0.174. The van der Waals surface area contributed by atoms with Crippen LogP contribution in [-0.4, -0.2) is 16.6 Å². The first kappa shape index (κ1) is 22.3. The van der Waals surface area contributed by atoms with E-state index >= 15 is 0 Å². The Hall–Kier alpha value is -2.95. The van der Waals surface area contributed by atoms with E-state index in [1.807, 2.05) is 67.8 Å². The maximum Gasteiger partial charge on any atom is 0.197 e. The number of thioether (sulfide) groups is 1. The van der Waals surface area contributed by atoms with Crippen molar-refractivity contribution in [3.63, 3.8) is 0 Å². The molecule has 2 nitrogen and oxygen atoms in total. The van der Waals surface area contributed by atoms with E-state index in [2.05, 4.69) is 42.7 Å². The molecule has 32 heavy (non-hydrogen) atoms. The number of aryl methyl sites for hydroxylation is 2. The highest BCUT2D eigenvalue weighted by Gasteiger charge is 2.24. The summed E-state index contributed by atoms with van der Waals surface area (Å²) >= 11 is 7.61. The zero-order valence-corrected chi connectivity index (χ0v) is 20.3. The van der Waals surface area contributed by atoms with Gasteiger partial charge in [0.2, 0.25) is 0 Å². The van der Waals surface area contributed by atoms with E-state index < -0.39 is 0 Å². The summed E-state index contributed by atoms with van der Waals surface area (Å²) in [5.74, 6) is -0.0393. The van der Waals surface area contributed by atoms with Crippen LogP contribution in [0.15, 0.2) is 83.8 Å². The van der Waals surface area contributed by atoms with E-state index in [0.717, 1.165) is 33.0 Å². The van der Waals surface area contributed by atoms with Gasteiger partial charge >= 0.3 is 0 Å². The number of hydrogen-bond donors (Lipinski definition) is 0. The molecule has 4 heteroatoms. The number of carbonyl (C=O) groups excluding carboxylic acids is 1. The topological polar surface area (TPSA) is 22.0 Å². The molecule has 0 radical (unpaired) electrons. The number of aromatic nitrogens is 1. The maximum absolute atomic E-state index is 13.7. The fourth-order valence-corrected chi connectivity index (χ4v) is 5.21. The smallest absolute Gasteiger partial charge is 0.197 e. The highest BCUT2D eigenvalue weighted by atomic mass is 32.2. The summed E-state index contributed by atoms with van der Waals surface area (Å²) in [6.07, 6.45) is 2.01. The van der Waals surface area contributed by atoms with Crippen molar-refractivity contribution >= 4 is 29.8 Å². The van der Waals surface area contributed by atoms with Crippen LogP contribution in [0.4, 0.5) is 0 Å². The molecule has 0 aliphatic rings. The minimum atomic E-state index is -0.0393. The van der Waals surface area contributed by atoms with Gasteiger partial charge < -0.3 is 0 Å². The molecule has 0 bridgehead atoms. The molecule has 0 aliphatic heterocycles. The number of benzene rings is 3. The summed E-state index contributed by atoms with van der Waals surface area (Å²) in [6.45, 7) is 6.18. The van der Waals surface area contributed by atoms with Crippen LogP contribution in [0.25, 0.3) is 16.9 Å². The number of nitrogens with zero attached hydrogens (tertiary/aromatic N) is 1. The average Bonchev–Trinajstić information content (AvgIpc) is 2.81. The van der Waals surface area contributed by atoms with Crippen LogP contribution in [0, 0.1) is 25.4 Å². The Morgan fingerprint density at radius 2 is 1.38 bits per heavy atom. The predicted octanol–water partition coefficient (Wildman–Crippen LogP) is 7.75. The second-order valence-electron chi connectivity index (χ2n) is 7.92. The summed E-state index contributed by atoms with van der Waals surface area (Å²) in [5, 5.41) is 0. The lowest BCUT2D eigenvalue weighted by Gasteiger charge is -2.22. The van der Waals surface area contributed by atoms with Gasteiger partial charge in [0.05, 0.1) is 11.3 Å². The van der Waals surface area contributed by atoms with E-state index in [0.29, 0.717) is 15.8 Å². The van der Waals surface area contributed by atoms with Crippen LogP contribution in [0.5, 0.6) is 0 Å². The largest absolute Gasteiger partial charge is 0.300 e. The van der Waals surface area contributed by atoms with Gasteiger partial charge in [0.1, 0.15) is 4.64 Å². The lowest BCUT2D eigenvalue weighted by molar-refractivity contribution is 0.103. The Balaban J connectivity index is 2.08. The third kappa shape index (κ3) is 4.08. The molecule has 160 valence electrons. The number of rotatable bonds is 5. The van der Waals surface area contributed by atoms with Crippen LogP contribution < -0.4 is 0 Å². The van der Waals surface area contributed by atoms with Crippen molar-refractivity contribution in [2.45, 2.75) is 25.7 Å². The second kappa shape index (κ2) is 9.27. The molecular weight excluding hydrogens is 430 g/mol. The van der Waals surface area contributed by atoms with Crippen molar-refractivity contribution < 1.29 is 4.79 Å². The van der Waals surface area contributed by atoms with E-state index in [1.54, 1.807) is 11.8 Å². The molecule has 3 aromatic carbocycles. The molecule has 0 atom stereocenters. The molecule has 1 heterocycles. The molecule has 4 aromatic rings. The second-order valence-corrected chi connectivity index (χ2v) is 9.12. The first-order chi connectivity index (χ1) is 15.4. The van der Waals surface area contributed by atoms with Crippen molar-refractivity contribution in [1.82, 2.24) is 4.57 Å². The number of hydrogen-bond acceptors (Lipinski definition) is 3. The van der Waals surface area contributed by atoms with E-state index in [-0.39, 0.29) is 5.78 Å². The summed E-state index contributed by atoms with van der Waals surface area (Å²) in [5.41, 5.74) is 7.66. The molecule has 0 N–H and O–H groups in total. The molecule has 0 saturated carbocycles. The van der Waals surface area contributed by atoms with Crippen molar-refractivity contribution in [2.75, 3.05) is 6.26 Å². The lowest BCUT2D eigenvalue weighted by Crippen LogP contribution is -2.14. The van der Waals surface area contributed by atoms with Crippen LogP contribution >= 0.6 is 24.0 Å². The van der Waals surface area contributed by atoms with Gasteiger partial charge in [-0.25, -0.2) is 0 Å². The van der Waals surface area contributed by atoms with Crippen molar-refractivity contribution in [3.05, 3.63) is 111 Å². The lowest BCUT2D eigenvalue weighted by atomic mass is 9.98. The molecular formula is C28H25NOS2. The van der Waals surface area contributed by atoms with Crippen LogP contribution in [0.2, 0.25) is 0 Å². The zero-order chi connectivity index (χ0) is 22.8. The standard InChI is InChI=1S/C28H25NOS2/c1-18-10-14-21(15-11-18)25-20(3)27(32-4)24(26(30)22-16-12-19(2)13-17-22)28(31)29(25)23-8-6-5-7-9-23/h5-17H,1-4H3. The van der Waals surface area contributed by atoms with Gasteiger partial charge in [0.25, 0.3) is 0 Å². The van der Waals surface area contributed by atoms with Gasteiger partial charge in [-0.3, -0.25) is 9.36 Å². The van der Waals surface area contributed by atoms with Gasteiger partial charge in [-0.1, -0.05) is 90.1 Å². The molecule has 0 saturated heterocycles. The molecule has 1 aromatic heterocycles. The van der Waals surface area contributed by atoms with Crippen LogP contribution in [0.3, 0.4) is 0 Å². The Morgan fingerprint density at radius 3 is 1.94 bits per heavy atom. The number of ketones is 1. The van der Waals surface area contributed by atoms with Crippen LogP contribution in [-0.2, 0) is 0 Å². The summed E-state index contributed by atoms with van der Waals surface area (Å²) < 4.78 is 2.59. The SMILES string of the molecule is CSc1c(C)c(-c2ccc(C)cc2)n(-c2ccccc2)c(=S)c1C(=O)c1ccc(C)cc1. The minimum Gasteiger partial charge on any atom is -0.300 e. The van der Waals surface area contributed by atoms with Gasteiger partial charge in [0.15, 0.2) is 5.78 Å². The third-order valence-electron chi connectivity index (χ3n) is 5.65. The molecule has 0 fully saturated rings. The summed E-state index contributed by atoms with van der Waals surface area (Å²) in [6, 6.07) is 26.2. The average molecular weight is 456 g/mol. The highest BCUT2D eigenvalue weighted by Crippen LogP contribution is 2.37. The van der Waals surface area contributed by atoms with Gasteiger partial charge in [0, 0.05) is 16.1 Å². The van der Waals surface area contributed by atoms with Crippen molar-refractivity contribution in [2.24, 2.45) is 0 Å². The fourth-order valence-electron chi connectivity index (χ4n) is 3.96. The molecule has 0 aliphatic carbocycles. The van der Waals surface area contributed by atoms with E-state index in [9.17, 15) is 4.79 Å². The van der Waals surface area contributed by atoms with Gasteiger partial charge in [-0.15, -0.1) is 11.8 Å². The minimum absolute atomic E-state index is 0.0393. The van der Waals surface area contributed by atoms with Gasteiger partial charge in [-0.2, -0.15) is 0 Å². The summed E-state index contributed by atoms with van der Waals surface area (Å²) in [4.78, 5) is 14.6. The third-order valence-corrected chi connectivity index (χ3v) is 6.95. The number of para-hydroxylation sites is 1. The highest BCUT2D eigenvalue weighted by molar-refractivity contribution is 7.98. The molecule has 4 rings (SSSR count). The fraction of sp³-hybridized carbons (Fsp3) is 0.143. The maximum atomic E-state index is 13.7. The predicted molar refractivity (Wildman–Crippen MR) is 138 cm³/mol. The molecule has 0 unspecified atom stereocenters. The Kier molecular flexibility index (Phi) is 6.45. The number of carbonyl (C=O) groups is 1. The van der Waals surface area contributed by atoms with Crippen LogP contribution in [0.1, 0.15) is 32.6 Å². The Bertz CT molecular complexity index is 1340. The first-order valence-corrected chi connectivity index (χ1v) is 12.1. The van der Waals surface area contributed by atoms with Crippen molar-refractivity contribution in [3.8, 4) is 16.9 Å². The zero-order valence-electron chi connectivity index (χ0n) is 18.7. The number of pyridine rings is 1. The summed E-state index contributed by atoms with van der Waals surface area (Å²) in [7, 11) is 0. The van der Waals surface area contributed by atoms with Gasteiger partial charge in [-0.05, 0) is 50.3 Å². The monoisotopic (exact) mass is 455 g/mol. The Labute approximate surface area is 199 Å². The van der Waals surface area contributed by atoms with Crippen molar-refractivity contribution in [1.29, 1.82) is 0 Å². The molecule has 0 spiro atoms. The van der Waals surface area contributed by atoms with E-state index in [1.165, 1.54) is 5.56 Å². The molecule has 0 amide bonds. The normalized spacial score (nSPS) is 10.9.